The van der Waals surface area contributed by atoms with Crippen molar-refractivity contribution in [2.45, 2.75) is 18.8 Å². The van der Waals surface area contributed by atoms with Gasteiger partial charge in [-0.25, -0.2) is 8.78 Å². The Morgan fingerprint density at radius 1 is 1.22 bits per heavy atom. The molecule has 1 aromatic heterocycles. The van der Waals surface area contributed by atoms with Crippen molar-refractivity contribution in [3.63, 3.8) is 0 Å². The molecule has 0 unspecified atom stereocenters. The van der Waals surface area contributed by atoms with Gasteiger partial charge in [-0.2, -0.15) is 4.98 Å². The van der Waals surface area contributed by atoms with Gasteiger partial charge in [-0.15, -0.1) is 0 Å². The van der Waals surface area contributed by atoms with Gasteiger partial charge in [0.15, 0.2) is 5.58 Å². The van der Waals surface area contributed by atoms with E-state index in [4.69, 9.17) is 4.42 Å². The van der Waals surface area contributed by atoms with Crippen LogP contribution >= 0.6 is 0 Å². The second-order valence-electron chi connectivity index (χ2n) is 6.25. The summed E-state index contributed by atoms with van der Waals surface area (Å²) in [7, 11) is 0. The Morgan fingerprint density at radius 2 is 1.91 bits per heavy atom. The van der Waals surface area contributed by atoms with Crippen LogP contribution in [0.15, 0.2) is 28.7 Å². The van der Waals surface area contributed by atoms with Gasteiger partial charge >= 0.3 is 0 Å². The maximum absolute atomic E-state index is 13.2. The number of nitrogens with zero attached hydrogens (tertiary/aromatic N) is 3. The monoisotopic (exact) mass is 321 g/mol. The van der Waals surface area contributed by atoms with E-state index in [9.17, 15) is 13.6 Å². The summed E-state index contributed by atoms with van der Waals surface area (Å²) >= 11 is 0. The first-order valence-electron chi connectivity index (χ1n) is 7.79. The summed E-state index contributed by atoms with van der Waals surface area (Å²) in [4.78, 5) is 20.2. The van der Waals surface area contributed by atoms with Crippen molar-refractivity contribution in [1.82, 2.24) is 9.88 Å². The number of rotatable bonds is 2. The highest BCUT2D eigenvalue weighted by molar-refractivity contribution is 5.82. The Balaban J connectivity index is 1.36. The molecule has 2 aliphatic rings. The number of likely N-dealkylation sites (tertiary alicyclic amines) is 1. The molecule has 5 nitrogen and oxygen atoms in total. The largest absolute Gasteiger partial charge is 0.423 e. The van der Waals surface area contributed by atoms with E-state index in [2.05, 4.69) is 4.98 Å². The molecule has 0 N–H and O–H groups in total. The Labute approximate surface area is 131 Å². The zero-order valence-electron chi connectivity index (χ0n) is 12.5. The van der Waals surface area contributed by atoms with E-state index in [1.54, 1.807) is 4.90 Å². The van der Waals surface area contributed by atoms with Gasteiger partial charge in [0, 0.05) is 39.0 Å². The van der Waals surface area contributed by atoms with Gasteiger partial charge in [0.25, 0.3) is 11.9 Å². The fourth-order valence-corrected chi connectivity index (χ4v) is 3.10. The summed E-state index contributed by atoms with van der Waals surface area (Å²) in [6.07, 6.45) is -0.472. The molecule has 122 valence electrons. The van der Waals surface area contributed by atoms with Gasteiger partial charge in [-0.05, 0) is 12.1 Å². The lowest BCUT2D eigenvalue weighted by atomic mass is 9.97. The summed E-state index contributed by atoms with van der Waals surface area (Å²) in [6.45, 7) is 1.34. The maximum Gasteiger partial charge on any atom is 0.298 e. The van der Waals surface area contributed by atoms with Crippen LogP contribution in [0.2, 0.25) is 0 Å². The minimum Gasteiger partial charge on any atom is -0.423 e. The van der Waals surface area contributed by atoms with Gasteiger partial charge < -0.3 is 14.2 Å². The number of carbonyl (C=O) groups is 1. The third-order valence-electron chi connectivity index (χ3n) is 4.59. The minimum atomic E-state index is -2.62. The summed E-state index contributed by atoms with van der Waals surface area (Å²) < 4.78 is 32.0. The number of carbonyl (C=O) groups excluding carboxylic acids is 1. The SMILES string of the molecule is O=C(C1CN(c2nc3ccccc3o2)C1)N1CCC(F)(F)CC1. The minimum absolute atomic E-state index is 0.0344. The van der Waals surface area contributed by atoms with Crippen molar-refractivity contribution >= 4 is 23.0 Å². The molecular weight excluding hydrogens is 304 g/mol. The van der Waals surface area contributed by atoms with Crippen molar-refractivity contribution in [3.05, 3.63) is 24.3 Å². The Bertz CT molecular complexity index is 697. The van der Waals surface area contributed by atoms with Gasteiger partial charge in [0.05, 0.1) is 5.92 Å². The number of oxazole rings is 1. The van der Waals surface area contributed by atoms with E-state index >= 15 is 0 Å². The fourth-order valence-electron chi connectivity index (χ4n) is 3.10. The molecule has 2 aliphatic heterocycles. The van der Waals surface area contributed by atoms with Gasteiger partial charge in [-0.1, -0.05) is 12.1 Å². The number of fused-ring (bicyclic) bond motifs is 1. The molecule has 0 radical (unpaired) electrons. The molecule has 23 heavy (non-hydrogen) atoms. The number of benzene rings is 1. The predicted molar refractivity (Wildman–Crippen MR) is 80.5 cm³/mol. The molecule has 1 amide bonds. The van der Waals surface area contributed by atoms with Crippen molar-refractivity contribution < 1.29 is 18.0 Å². The van der Waals surface area contributed by atoms with E-state index in [-0.39, 0.29) is 37.8 Å². The van der Waals surface area contributed by atoms with Crippen LogP contribution in [0.3, 0.4) is 0 Å². The number of aromatic nitrogens is 1. The number of hydrogen-bond acceptors (Lipinski definition) is 4. The van der Waals surface area contributed by atoms with Crippen LogP contribution in [-0.2, 0) is 4.79 Å². The van der Waals surface area contributed by atoms with Crippen LogP contribution in [-0.4, -0.2) is 47.9 Å². The van der Waals surface area contributed by atoms with E-state index < -0.39 is 5.92 Å². The molecule has 7 heteroatoms. The third kappa shape index (κ3) is 2.64. The highest BCUT2D eigenvalue weighted by atomic mass is 19.3. The normalized spacial score (nSPS) is 21.5. The molecule has 2 saturated heterocycles. The molecule has 1 aromatic carbocycles. The van der Waals surface area contributed by atoms with Gasteiger partial charge in [0.2, 0.25) is 5.91 Å². The Morgan fingerprint density at radius 3 is 2.61 bits per heavy atom. The van der Waals surface area contributed by atoms with Crippen molar-refractivity contribution in [2.75, 3.05) is 31.1 Å². The molecule has 4 rings (SSSR count). The van der Waals surface area contributed by atoms with E-state index in [0.717, 1.165) is 11.1 Å². The van der Waals surface area contributed by atoms with Gasteiger partial charge in [0.1, 0.15) is 5.52 Å². The average Bonchev–Trinajstić information content (AvgIpc) is 2.88. The molecular formula is C16H17F2N3O2. The zero-order valence-corrected chi connectivity index (χ0v) is 12.5. The molecule has 3 heterocycles. The van der Waals surface area contributed by atoms with Crippen molar-refractivity contribution in [2.24, 2.45) is 5.92 Å². The van der Waals surface area contributed by atoms with E-state index in [0.29, 0.717) is 19.1 Å². The highest BCUT2D eigenvalue weighted by Gasteiger charge is 2.41. The van der Waals surface area contributed by atoms with Crippen molar-refractivity contribution in [3.8, 4) is 0 Å². The van der Waals surface area contributed by atoms with Crippen LogP contribution in [0.5, 0.6) is 0 Å². The average molecular weight is 321 g/mol. The Hall–Kier alpha value is -2.18. The first-order valence-corrected chi connectivity index (χ1v) is 7.79. The van der Waals surface area contributed by atoms with Gasteiger partial charge in [-0.3, -0.25) is 4.79 Å². The standard InChI is InChI=1S/C16H17F2N3O2/c17-16(18)5-7-20(8-6-16)14(22)11-9-21(10-11)15-19-12-3-1-2-4-13(12)23-15/h1-4,11H,5-10H2. The van der Waals surface area contributed by atoms with Crippen LogP contribution in [0.1, 0.15) is 12.8 Å². The lowest BCUT2D eigenvalue weighted by molar-refractivity contribution is -0.142. The number of amides is 1. The topological polar surface area (TPSA) is 49.6 Å². The molecule has 0 bridgehead atoms. The summed E-state index contributed by atoms with van der Waals surface area (Å²) in [5.74, 6) is -2.81. The zero-order chi connectivity index (χ0) is 16.0. The quantitative estimate of drug-likeness (QED) is 0.853. The smallest absolute Gasteiger partial charge is 0.298 e. The number of hydrogen-bond donors (Lipinski definition) is 0. The third-order valence-corrected chi connectivity index (χ3v) is 4.59. The fraction of sp³-hybridized carbons (Fsp3) is 0.500. The van der Waals surface area contributed by atoms with E-state index in [1.165, 1.54) is 0 Å². The first kappa shape index (κ1) is 14.4. The number of anilines is 1. The highest BCUT2D eigenvalue weighted by Crippen LogP contribution is 2.31. The number of halogens is 2. The van der Waals surface area contributed by atoms with Crippen LogP contribution < -0.4 is 4.90 Å². The summed E-state index contributed by atoms with van der Waals surface area (Å²) in [6, 6.07) is 8.01. The Kier molecular flexibility index (Phi) is 3.25. The molecule has 0 aliphatic carbocycles. The summed E-state index contributed by atoms with van der Waals surface area (Å²) in [5, 5.41) is 0. The second-order valence-corrected chi connectivity index (χ2v) is 6.25. The second kappa shape index (κ2) is 5.18. The van der Waals surface area contributed by atoms with Crippen LogP contribution in [0.25, 0.3) is 11.1 Å². The molecule has 0 atom stereocenters. The molecule has 2 fully saturated rings. The molecule has 2 aromatic rings. The van der Waals surface area contributed by atoms with Crippen LogP contribution in [0, 0.1) is 5.92 Å². The van der Waals surface area contributed by atoms with Crippen molar-refractivity contribution in [1.29, 1.82) is 0 Å². The molecule has 0 spiro atoms. The maximum atomic E-state index is 13.2. The molecule has 0 saturated carbocycles. The lowest BCUT2D eigenvalue weighted by Crippen LogP contribution is -2.56. The first-order chi connectivity index (χ1) is 11.0. The number of piperidine rings is 1. The lowest BCUT2D eigenvalue weighted by Gasteiger charge is -2.41. The number of para-hydroxylation sites is 2. The summed E-state index contributed by atoms with van der Waals surface area (Å²) in [5.41, 5.74) is 1.51. The van der Waals surface area contributed by atoms with E-state index in [1.807, 2.05) is 29.2 Å². The van der Waals surface area contributed by atoms with Crippen LogP contribution in [0.4, 0.5) is 14.8 Å². The number of alkyl halides is 2. The predicted octanol–water partition coefficient (Wildman–Crippen LogP) is 2.52.